The maximum Gasteiger partial charge on any atom is 0.241 e. The zero-order valence-electron chi connectivity index (χ0n) is 11.9. The minimum Gasteiger partial charge on any atom is -0.398 e. The van der Waals surface area contributed by atoms with Gasteiger partial charge in [-0.3, -0.25) is 0 Å². The lowest BCUT2D eigenvalue weighted by Gasteiger charge is -2.17. The number of aryl methyl sites for hydroxylation is 1. The third-order valence-electron chi connectivity index (χ3n) is 3.02. The molecule has 0 heterocycles. The van der Waals surface area contributed by atoms with Crippen LogP contribution >= 0.6 is 11.8 Å². The summed E-state index contributed by atoms with van der Waals surface area (Å²) >= 11 is 1.71. The molecule has 0 aromatic heterocycles. The molecular weight excluding hydrogens is 280 g/mol. The van der Waals surface area contributed by atoms with Gasteiger partial charge in [-0.05, 0) is 56.4 Å². The second-order valence-electron chi connectivity index (χ2n) is 4.73. The van der Waals surface area contributed by atoms with Crippen LogP contribution in [0.2, 0.25) is 0 Å². The van der Waals surface area contributed by atoms with Crippen molar-refractivity contribution in [3.05, 3.63) is 23.3 Å². The molecule has 1 atom stereocenters. The molecule has 1 aromatic carbocycles. The van der Waals surface area contributed by atoms with Crippen LogP contribution in [-0.2, 0) is 10.0 Å². The van der Waals surface area contributed by atoms with Crippen molar-refractivity contribution in [1.29, 1.82) is 0 Å². The van der Waals surface area contributed by atoms with Crippen LogP contribution in [0.5, 0.6) is 0 Å². The van der Waals surface area contributed by atoms with Gasteiger partial charge in [-0.2, -0.15) is 11.8 Å². The number of benzene rings is 1. The predicted molar refractivity (Wildman–Crippen MR) is 83.1 cm³/mol. The largest absolute Gasteiger partial charge is 0.398 e. The minimum absolute atomic E-state index is 0.0855. The van der Waals surface area contributed by atoms with E-state index in [1.54, 1.807) is 37.7 Å². The number of sulfonamides is 1. The lowest BCUT2D eigenvalue weighted by Crippen LogP contribution is -2.34. The molecule has 1 rings (SSSR count). The average Bonchev–Trinajstić information content (AvgIpc) is 2.31. The Morgan fingerprint density at radius 3 is 2.58 bits per heavy atom. The molecule has 19 heavy (non-hydrogen) atoms. The van der Waals surface area contributed by atoms with E-state index in [1.807, 2.05) is 13.2 Å². The van der Waals surface area contributed by atoms with Gasteiger partial charge in [-0.1, -0.05) is 6.07 Å². The number of anilines is 1. The van der Waals surface area contributed by atoms with Gasteiger partial charge >= 0.3 is 0 Å². The summed E-state index contributed by atoms with van der Waals surface area (Å²) in [7, 11) is -3.51. The molecule has 0 spiro atoms. The Labute approximate surface area is 120 Å². The fraction of sp³-hybridized carbons (Fsp3) is 0.538. The van der Waals surface area contributed by atoms with Gasteiger partial charge < -0.3 is 5.73 Å². The van der Waals surface area contributed by atoms with Crippen molar-refractivity contribution in [2.45, 2.75) is 38.1 Å². The molecule has 0 aliphatic carbocycles. The van der Waals surface area contributed by atoms with Gasteiger partial charge in [0.15, 0.2) is 0 Å². The van der Waals surface area contributed by atoms with Crippen LogP contribution in [0.1, 0.15) is 24.5 Å². The lowest BCUT2D eigenvalue weighted by atomic mass is 10.1. The summed E-state index contributed by atoms with van der Waals surface area (Å²) in [6, 6.07) is 3.39. The van der Waals surface area contributed by atoms with Crippen molar-refractivity contribution in [3.8, 4) is 0 Å². The summed E-state index contributed by atoms with van der Waals surface area (Å²) in [4.78, 5) is 0.309. The molecule has 0 fully saturated rings. The highest BCUT2D eigenvalue weighted by molar-refractivity contribution is 7.98. The molecule has 4 nitrogen and oxygen atoms in total. The van der Waals surface area contributed by atoms with E-state index in [-0.39, 0.29) is 6.04 Å². The Kier molecular flexibility index (Phi) is 5.70. The first-order valence-corrected chi connectivity index (χ1v) is 9.04. The van der Waals surface area contributed by atoms with Crippen LogP contribution < -0.4 is 10.5 Å². The summed E-state index contributed by atoms with van der Waals surface area (Å²) in [5.41, 5.74) is 7.64. The van der Waals surface area contributed by atoms with Gasteiger partial charge in [-0.15, -0.1) is 0 Å². The van der Waals surface area contributed by atoms with Gasteiger partial charge in [0, 0.05) is 11.7 Å². The zero-order chi connectivity index (χ0) is 14.6. The maximum absolute atomic E-state index is 12.4. The fourth-order valence-corrected chi connectivity index (χ4v) is 4.30. The molecule has 3 N–H and O–H groups in total. The van der Waals surface area contributed by atoms with Crippen molar-refractivity contribution in [3.63, 3.8) is 0 Å². The summed E-state index contributed by atoms with van der Waals surface area (Å²) in [5, 5.41) is 0. The van der Waals surface area contributed by atoms with Crippen LogP contribution in [0.3, 0.4) is 0 Å². The number of nitrogen functional groups attached to an aromatic ring is 1. The fourth-order valence-electron chi connectivity index (χ4n) is 1.93. The lowest BCUT2D eigenvalue weighted by molar-refractivity contribution is 0.556. The quantitative estimate of drug-likeness (QED) is 0.791. The highest BCUT2D eigenvalue weighted by atomic mass is 32.2. The van der Waals surface area contributed by atoms with Crippen molar-refractivity contribution >= 4 is 27.5 Å². The minimum atomic E-state index is -3.51. The second-order valence-corrected chi connectivity index (χ2v) is 7.37. The Hall–Kier alpha value is -0.720. The molecule has 0 aliphatic heterocycles. The first-order chi connectivity index (χ1) is 8.79. The standard InChI is InChI=1S/C13H22N2O2S2/c1-9-5-6-12(14)11(3)13(9)19(16,17)15-10(2)7-8-18-4/h5-6,10,15H,7-8,14H2,1-4H3. The van der Waals surface area contributed by atoms with E-state index in [9.17, 15) is 8.42 Å². The van der Waals surface area contributed by atoms with Gasteiger partial charge in [-0.25, -0.2) is 13.1 Å². The third-order valence-corrected chi connectivity index (χ3v) is 5.55. The first-order valence-electron chi connectivity index (χ1n) is 6.16. The molecule has 1 unspecified atom stereocenters. The Morgan fingerprint density at radius 1 is 1.37 bits per heavy atom. The summed E-state index contributed by atoms with van der Waals surface area (Å²) in [6.45, 7) is 5.40. The number of hydrogen-bond donors (Lipinski definition) is 2. The second kappa shape index (κ2) is 6.63. The number of thioether (sulfide) groups is 1. The molecule has 0 aliphatic rings. The van der Waals surface area contributed by atoms with E-state index in [1.165, 1.54) is 0 Å². The van der Waals surface area contributed by atoms with E-state index in [2.05, 4.69) is 4.72 Å². The molecular formula is C13H22N2O2S2. The molecule has 0 saturated heterocycles. The third kappa shape index (κ3) is 4.12. The molecule has 0 bridgehead atoms. The average molecular weight is 302 g/mol. The van der Waals surface area contributed by atoms with Gasteiger partial charge in [0.05, 0.1) is 4.90 Å². The monoisotopic (exact) mass is 302 g/mol. The molecule has 6 heteroatoms. The van der Waals surface area contributed by atoms with E-state index in [0.717, 1.165) is 17.7 Å². The van der Waals surface area contributed by atoms with E-state index < -0.39 is 10.0 Å². The molecule has 1 aromatic rings. The number of nitrogens with one attached hydrogen (secondary N) is 1. The van der Waals surface area contributed by atoms with E-state index in [0.29, 0.717) is 16.1 Å². The van der Waals surface area contributed by atoms with Crippen molar-refractivity contribution in [2.24, 2.45) is 0 Å². The first kappa shape index (κ1) is 16.3. The molecule has 0 amide bonds. The van der Waals surface area contributed by atoms with Crippen molar-refractivity contribution in [2.75, 3.05) is 17.7 Å². The highest BCUT2D eigenvalue weighted by Crippen LogP contribution is 2.24. The van der Waals surface area contributed by atoms with Crippen LogP contribution in [0.4, 0.5) is 5.69 Å². The van der Waals surface area contributed by atoms with E-state index in [4.69, 9.17) is 5.73 Å². The highest BCUT2D eigenvalue weighted by Gasteiger charge is 2.22. The number of hydrogen-bond acceptors (Lipinski definition) is 4. The summed E-state index contributed by atoms with van der Waals surface area (Å²) in [6.07, 6.45) is 2.81. The van der Waals surface area contributed by atoms with Crippen molar-refractivity contribution in [1.82, 2.24) is 4.72 Å². The summed E-state index contributed by atoms with van der Waals surface area (Å²) < 4.78 is 27.6. The molecule has 0 radical (unpaired) electrons. The number of nitrogens with two attached hydrogens (primary N) is 1. The van der Waals surface area contributed by atoms with Gasteiger partial charge in [0.25, 0.3) is 0 Å². The maximum atomic E-state index is 12.4. The predicted octanol–water partition coefficient (Wildman–Crippen LogP) is 2.31. The topological polar surface area (TPSA) is 72.2 Å². The Balaban J connectivity index is 3.04. The van der Waals surface area contributed by atoms with Gasteiger partial charge in [0.2, 0.25) is 10.0 Å². The van der Waals surface area contributed by atoms with E-state index >= 15 is 0 Å². The normalized spacial score (nSPS) is 13.5. The SMILES string of the molecule is CSCCC(C)NS(=O)(=O)c1c(C)ccc(N)c1C. The van der Waals surface area contributed by atoms with Crippen LogP contribution in [-0.4, -0.2) is 26.5 Å². The number of rotatable bonds is 6. The molecule has 0 saturated carbocycles. The Morgan fingerprint density at radius 2 is 2.00 bits per heavy atom. The van der Waals surface area contributed by atoms with Crippen molar-refractivity contribution < 1.29 is 8.42 Å². The van der Waals surface area contributed by atoms with Crippen LogP contribution in [0.25, 0.3) is 0 Å². The summed E-state index contributed by atoms with van der Waals surface area (Å²) in [5.74, 6) is 0.929. The molecule has 108 valence electrons. The Bertz CT molecular complexity index is 542. The van der Waals surface area contributed by atoms with Crippen LogP contribution in [0, 0.1) is 13.8 Å². The van der Waals surface area contributed by atoms with Gasteiger partial charge in [0.1, 0.15) is 0 Å². The smallest absolute Gasteiger partial charge is 0.241 e. The zero-order valence-corrected chi connectivity index (χ0v) is 13.5. The van der Waals surface area contributed by atoms with Crippen LogP contribution in [0.15, 0.2) is 17.0 Å².